The van der Waals surface area contributed by atoms with Crippen molar-refractivity contribution >= 4 is 28.7 Å². The van der Waals surface area contributed by atoms with Crippen LogP contribution in [0.4, 0.5) is 28.7 Å². The van der Waals surface area contributed by atoms with E-state index in [0.29, 0.717) is 43.4 Å². The van der Waals surface area contributed by atoms with Gasteiger partial charge in [0.15, 0.2) is 0 Å². The highest BCUT2D eigenvalue weighted by atomic mass is 16.6. The first-order valence-corrected chi connectivity index (χ1v) is 10.5. The van der Waals surface area contributed by atoms with Crippen molar-refractivity contribution in [2.75, 3.05) is 55.5 Å². The normalized spacial score (nSPS) is 13.5. The number of ether oxygens (including phenoxy) is 2. The highest BCUT2D eigenvalue weighted by Gasteiger charge is 2.30. The van der Waals surface area contributed by atoms with Crippen LogP contribution in [0, 0.1) is 17.0 Å². The van der Waals surface area contributed by atoms with Gasteiger partial charge >= 0.3 is 5.69 Å². The summed E-state index contributed by atoms with van der Waals surface area (Å²) in [6.45, 7) is 4.55. The van der Waals surface area contributed by atoms with E-state index < -0.39 is 4.92 Å². The van der Waals surface area contributed by atoms with E-state index in [1.165, 1.54) is 6.33 Å². The maximum Gasteiger partial charge on any atom is 0.353 e. The second-order valence-corrected chi connectivity index (χ2v) is 7.65. The number of methoxy groups -OCH3 is 2. The van der Waals surface area contributed by atoms with Gasteiger partial charge in [0.2, 0.25) is 11.6 Å². The number of anilines is 4. The molecule has 0 spiro atoms. The number of rotatable bonds is 7. The molecule has 0 atom stereocenters. The van der Waals surface area contributed by atoms with Crippen LogP contribution in [-0.2, 0) is 0 Å². The maximum atomic E-state index is 12.0. The molecule has 1 N–H and O–H groups in total. The van der Waals surface area contributed by atoms with Gasteiger partial charge < -0.3 is 24.6 Å². The van der Waals surface area contributed by atoms with Crippen LogP contribution in [0.3, 0.4) is 0 Å². The molecular weight excluding hydrogens is 424 g/mol. The number of hydrogen-bond donors (Lipinski definition) is 1. The van der Waals surface area contributed by atoms with Crippen LogP contribution in [0.5, 0.6) is 11.5 Å². The Morgan fingerprint density at radius 3 is 2.30 bits per heavy atom. The predicted molar refractivity (Wildman–Crippen MR) is 127 cm³/mol. The minimum atomic E-state index is -0.435. The van der Waals surface area contributed by atoms with E-state index >= 15 is 0 Å². The quantitative estimate of drug-likeness (QED) is 0.425. The van der Waals surface area contributed by atoms with Crippen molar-refractivity contribution in [2.24, 2.45) is 0 Å². The van der Waals surface area contributed by atoms with Gasteiger partial charge in [-0.15, -0.1) is 0 Å². The van der Waals surface area contributed by atoms with Gasteiger partial charge in [-0.3, -0.25) is 10.1 Å². The molecule has 0 unspecified atom stereocenters. The molecule has 0 aliphatic carbocycles. The van der Waals surface area contributed by atoms with E-state index in [1.54, 1.807) is 14.2 Å². The fourth-order valence-electron chi connectivity index (χ4n) is 3.88. The summed E-state index contributed by atoms with van der Waals surface area (Å²) in [5, 5.41) is 15.1. The molecule has 2 heterocycles. The summed E-state index contributed by atoms with van der Waals surface area (Å²) in [4.78, 5) is 24.2. The van der Waals surface area contributed by atoms with Crippen molar-refractivity contribution in [3.05, 3.63) is 64.5 Å². The number of nitrogens with one attached hydrogen (secondary N) is 1. The predicted octanol–water partition coefficient (Wildman–Crippen LogP) is 3.78. The molecule has 1 fully saturated rings. The zero-order valence-corrected chi connectivity index (χ0v) is 18.8. The summed E-state index contributed by atoms with van der Waals surface area (Å²) >= 11 is 0. The van der Waals surface area contributed by atoms with Gasteiger partial charge in [-0.25, -0.2) is 9.97 Å². The first-order valence-electron chi connectivity index (χ1n) is 10.5. The summed E-state index contributed by atoms with van der Waals surface area (Å²) < 4.78 is 10.6. The molecule has 3 aromatic rings. The number of benzene rings is 2. The van der Waals surface area contributed by atoms with Gasteiger partial charge in [0.25, 0.3) is 0 Å². The molecule has 2 aromatic carbocycles. The number of nitrogens with zero attached hydrogens (tertiary/aromatic N) is 5. The van der Waals surface area contributed by atoms with Gasteiger partial charge in [-0.05, 0) is 48.9 Å². The lowest BCUT2D eigenvalue weighted by molar-refractivity contribution is -0.383. The molecule has 0 saturated carbocycles. The number of piperazine rings is 1. The molecule has 0 bridgehead atoms. The third kappa shape index (κ3) is 4.74. The fourth-order valence-corrected chi connectivity index (χ4v) is 3.88. The summed E-state index contributed by atoms with van der Waals surface area (Å²) in [7, 11) is 3.19. The number of hydrogen-bond acceptors (Lipinski definition) is 9. The second kappa shape index (κ2) is 9.60. The van der Waals surface area contributed by atoms with Gasteiger partial charge in [0, 0.05) is 31.9 Å². The standard InChI is InChI=1S/C23H26N6O4/c1-16-4-9-20(33-3)19(14-16)26-22-21(29(30)31)23(25-15-24-22)28-12-10-27(11-13-28)17-5-7-18(32-2)8-6-17/h4-9,14-15H,10-13H2,1-3H3,(H,24,25,26). The smallest absolute Gasteiger partial charge is 0.353 e. The van der Waals surface area contributed by atoms with E-state index in [9.17, 15) is 10.1 Å². The van der Waals surface area contributed by atoms with E-state index in [2.05, 4.69) is 20.2 Å². The average Bonchev–Trinajstić information content (AvgIpc) is 2.84. The van der Waals surface area contributed by atoms with Crippen molar-refractivity contribution in [2.45, 2.75) is 6.92 Å². The molecule has 1 aliphatic rings. The van der Waals surface area contributed by atoms with Crippen molar-refractivity contribution in [1.82, 2.24) is 9.97 Å². The Balaban J connectivity index is 1.56. The van der Waals surface area contributed by atoms with Crippen molar-refractivity contribution in [1.29, 1.82) is 0 Å². The molecule has 0 radical (unpaired) electrons. The molecule has 10 nitrogen and oxygen atoms in total. The summed E-state index contributed by atoms with van der Waals surface area (Å²) in [6, 6.07) is 13.5. The highest BCUT2D eigenvalue weighted by Crippen LogP contribution is 2.36. The zero-order valence-electron chi connectivity index (χ0n) is 18.8. The number of aryl methyl sites for hydroxylation is 1. The molecule has 1 aliphatic heterocycles. The van der Waals surface area contributed by atoms with Crippen molar-refractivity contribution in [3.8, 4) is 11.5 Å². The molecular formula is C23H26N6O4. The first kappa shape index (κ1) is 22.1. The van der Waals surface area contributed by atoms with E-state index in [1.807, 2.05) is 54.3 Å². The average molecular weight is 450 g/mol. The van der Waals surface area contributed by atoms with Crippen LogP contribution in [-0.4, -0.2) is 55.3 Å². The van der Waals surface area contributed by atoms with E-state index in [-0.39, 0.29) is 11.5 Å². The largest absolute Gasteiger partial charge is 0.497 e. The summed E-state index contributed by atoms with van der Waals surface area (Å²) in [5.41, 5.74) is 2.53. The van der Waals surface area contributed by atoms with Gasteiger partial charge in [0.1, 0.15) is 17.8 Å². The van der Waals surface area contributed by atoms with Crippen LogP contribution in [0.25, 0.3) is 0 Å². The van der Waals surface area contributed by atoms with Crippen LogP contribution in [0.2, 0.25) is 0 Å². The Morgan fingerprint density at radius 2 is 1.67 bits per heavy atom. The van der Waals surface area contributed by atoms with E-state index in [4.69, 9.17) is 9.47 Å². The van der Waals surface area contributed by atoms with Gasteiger partial charge in [-0.1, -0.05) is 6.07 Å². The maximum absolute atomic E-state index is 12.0. The minimum Gasteiger partial charge on any atom is -0.497 e. The Hall–Kier alpha value is -4.08. The Morgan fingerprint density at radius 1 is 0.970 bits per heavy atom. The number of aromatic nitrogens is 2. The van der Waals surface area contributed by atoms with Crippen LogP contribution in [0.15, 0.2) is 48.8 Å². The third-order valence-electron chi connectivity index (χ3n) is 5.61. The van der Waals surface area contributed by atoms with Crippen LogP contribution >= 0.6 is 0 Å². The Bertz CT molecular complexity index is 1130. The minimum absolute atomic E-state index is 0.131. The van der Waals surface area contributed by atoms with Gasteiger partial charge in [-0.2, -0.15) is 0 Å². The highest BCUT2D eigenvalue weighted by molar-refractivity contribution is 5.77. The van der Waals surface area contributed by atoms with Crippen LogP contribution in [0.1, 0.15) is 5.56 Å². The zero-order chi connectivity index (χ0) is 23.4. The second-order valence-electron chi connectivity index (χ2n) is 7.65. The molecule has 0 amide bonds. The SMILES string of the molecule is COc1ccc(N2CCN(c3ncnc(Nc4cc(C)ccc4OC)c3[N+](=O)[O-])CC2)cc1. The topological polar surface area (TPSA) is 106 Å². The fraction of sp³-hybridized carbons (Fsp3) is 0.304. The molecule has 33 heavy (non-hydrogen) atoms. The molecule has 1 aromatic heterocycles. The third-order valence-corrected chi connectivity index (χ3v) is 5.61. The lowest BCUT2D eigenvalue weighted by atomic mass is 10.2. The lowest BCUT2D eigenvalue weighted by Gasteiger charge is -2.36. The van der Waals surface area contributed by atoms with Crippen molar-refractivity contribution < 1.29 is 14.4 Å². The Labute approximate surface area is 191 Å². The lowest BCUT2D eigenvalue weighted by Crippen LogP contribution is -2.47. The van der Waals surface area contributed by atoms with E-state index in [0.717, 1.165) is 17.0 Å². The Kier molecular flexibility index (Phi) is 6.43. The van der Waals surface area contributed by atoms with Crippen LogP contribution < -0.4 is 24.6 Å². The van der Waals surface area contributed by atoms with Gasteiger partial charge in [0.05, 0.1) is 24.8 Å². The number of nitro groups is 1. The monoisotopic (exact) mass is 450 g/mol. The first-order chi connectivity index (χ1) is 16.0. The summed E-state index contributed by atoms with van der Waals surface area (Å²) in [5.74, 6) is 1.81. The molecule has 172 valence electrons. The molecule has 4 rings (SSSR count). The molecule has 1 saturated heterocycles. The molecule has 10 heteroatoms. The summed E-state index contributed by atoms with van der Waals surface area (Å²) in [6.07, 6.45) is 1.35. The van der Waals surface area contributed by atoms with Crippen molar-refractivity contribution in [3.63, 3.8) is 0 Å².